The molecule has 0 aliphatic carbocycles. The van der Waals surface area contributed by atoms with E-state index in [4.69, 9.17) is 10.5 Å². The van der Waals surface area contributed by atoms with Crippen LogP contribution in [0.2, 0.25) is 0 Å². The molecule has 3 rings (SSSR count). The van der Waals surface area contributed by atoms with Crippen LogP contribution < -0.4 is 10.5 Å². The molecule has 4 heteroatoms. The van der Waals surface area contributed by atoms with Gasteiger partial charge < -0.3 is 10.5 Å². The van der Waals surface area contributed by atoms with E-state index < -0.39 is 0 Å². The van der Waals surface area contributed by atoms with Gasteiger partial charge in [-0.1, -0.05) is 42.0 Å². The summed E-state index contributed by atoms with van der Waals surface area (Å²) in [4.78, 5) is 8.22. The van der Waals surface area contributed by atoms with Crippen molar-refractivity contribution in [2.45, 2.75) is 13.5 Å². The van der Waals surface area contributed by atoms with Gasteiger partial charge >= 0.3 is 0 Å². The first-order chi connectivity index (χ1) is 10.7. The molecule has 0 fully saturated rings. The molecular weight excluding hydrogens is 274 g/mol. The molecule has 4 nitrogen and oxygen atoms in total. The number of nitrogens with zero attached hydrogens (tertiary/aromatic N) is 2. The predicted octanol–water partition coefficient (Wildman–Crippen LogP) is 3.61. The maximum absolute atomic E-state index is 5.68. The van der Waals surface area contributed by atoms with Crippen molar-refractivity contribution >= 4 is 5.82 Å². The Kier molecular flexibility index (Phi) is 4.01. The maximum Gasteiger partial charge on any atom is 0.168 e. The topological polar surface area (TPSA) is 61.0 Å². The van der Waals surface area contributed by atoms with Gasteiger partial charge in [0.05, 0.1) is 0 Å². The van der Waals surface area contributed by atoms with Crippen LogP contribution in [0.5, 0.6) is 5.75 Å². The van der Waals surface area contributed by atoms with E-state index >= 15 is 0 Å². The molecule has 0 amide bonds. The largest absolute Gasteiger partial charge is 0.486 e. The highest BCUT2D eigenvalue weighted by molar-refractivity contribution is 5.64. The fourth-order valence-corrected chi connectivity index (χ4v) is 2.12. The Bertz CT molecular complexity index is 752. The first-order valence-corrected chi connectivity index (χ1v) is 7.08. The number of aromatic nitrogens is 2. The smallest absolute Gasteiger partial charge is 0.168 e. The van der Waals surface area contributed by atoms with Crippen molar-refractivity contribution in [3.05, 3.63) is 72.2 Å². The normalized spacial score (nSPS) is 10.4. The van der Waals surface area contributed by atoms with Crippen molar-refractivity contribution in [3.8, 4) is 16.9 Å². The van der Waals surface area contributed by atoms with Gasteiger partial charge in [-0.3, -0.25) is 0 Å². The number of anilines is 1. The zero-order valence-corrected chi connectivity index (χ0v) is 12.4. The summed E-state index contributed by atoms with van der Waals surface area (Å²) < 4.78 is 5.68. The molecule has 0 unspecified atom stereocenters. The molecule has 0 atom stereocenters. The molecule has 0 spiro atoms. The van der Waals surface area contributed by atoms with Gasteiger partial charge in [0.15, 0.2) is 5.82 Å². The SMILES string of the molecule is Cc1ccc(-c2ccc(OCc3nccc(N)n3)cc2)cc1. The monoisotopic (exact) mass is 291 g/mol. The Morgan fingerprint density at radius 3 is 2.18 bits per heavy atom. The van der Waals surface area contributed by atoms with Crippen molar-refractivity contribution < 1.29 is 4.74 Å². The van der Waals surface area contributed by atoms with E-state index in [1.54, 1.807) is 12.3 Å². The highest BCUT2D eigenvalue weighted by Gasteiger charge is 2.01. The number of hydrogen-bond donors (Lipinski definition) is 1. The molecule has 1 aromatic heterocycles. The van der Waals surface area contributed by atoms with Gasteiger partial charge in [0.25, 0.3) is 0 Å². The molecule has 0 aliphatic rings. The number of rotatable bonds is 4. The summed E-state index contributed by atoms with van der Waals surface area (Å²) in [6.07, 6.45) is 1.63. The number of nitrogen functional groups attached to an aromatic ring is 1. The summed E-state index contributed by atoms with van der Waals surface area (Å²) in [6.45, 7) is 2.38. The van der Waals surface area contributed by atoms with E-state index in [9.17, 15) is 0 Å². The van der Waals surface area contributed by atoms with Crippen LogP contribution in [0.3, 0.4) is 0 Å². The van der Waals surface area contributed by atoms with Gasteiger partial charge in [-0.25, -0.2) is 9.97 Å². The Hall–Kier alpha value is -2.88. The second-order valence-electron chi connectivity index (χ2n) is 5.08. The lowest BCUT2D eigenvalue weighted by Gasteiger charge is -2.07. The summed E-state index contributed by atoms with van der Waals surface area (Å²) in [6, 6.07) is 18.1. The third-order valence-corrected chi connectivity index (χ3v) is 3.33. The lowest BCUT2D eigenvalue weighted by molar-refractivity contribution is 0.296. The van der Waals surface area contributed by atoms with Crippen LogP contribution in [-0.2, 0) is 6.61 Å². The quantitative estimate of drug-likeness (QED) is 0.797. The van der Waals surface area contributed by atoms with E-state index in [2.05, 4.69) is 41.2 Å². The summed E-state index contributed by atoms with van der Waals surface area (Å²) in [5.41, 5.74) is 9.22. The van der Waals surface area contributed by atoms with Gasteiger partial charge in [-0.15, -0.1) is 0 Å². The molecule has 22 heavy (non-hydrogen) atoms. The molecule has 2 N–H and O–H groups in total. The van der Waals surface area contributed by atoms with E-state index in [0.717, 1.165) is 11.3 Å². The first-order valence-electron chi connectivity index (χ1n) is 7.08. The molecule has 0 radical (unpaired) electrons. The molecule has 0 aliphatic heterocycles. The zero-order chi connectivity index (χ0) is 15.4. The van der Waals surface area contributed by atoms with Crippen LogP contribution in [0.1, 0.15) is 11.4 Å². The van der Waals surface area contributed by atoms with Crippen LogP contribution in [0, 0.1) is 6.92 Å². The molecule has 1 heterocycles. The van der Waals surface area contributed by atoms with Gasteiger partial charge in [0.2, 0.25) is 0 Å². The van der Waals surface area contributed by atoms with E-state index in [1.165, 1.54) is 11.1 Å². The van der Waals surface area contributed by atoms with Crippen molar-refractivity contribution in [2.24, 2.45) is 0 Å². The average Bonchev–Trinajstić information content (AvgIpc) is 2.54. The van der Waals surface area contributed by atoms with Crippen LogP contribution in [0.4, 0.5) is 5.82 Å². The van der Waals surface area contributed by atoms with Crippen LogP contribution in [0.15, 0.2) is 60.8 Å². The van der Waals surface area contributed by atoms with Crippen LogP contribution in [0.25, 0.3) is 11.1 Å². The molecule has 110 valence electrons. The van der Waals surface area contributed by atoms with Crippen LogP contribution >= 0.6 is 0 Å². The van der Waals surface area contributed by atoms with E-state index in [1.807, 2.05) is 24.3 Å². The third kappa shape index (κ3) is 3.41. The van der Waals surface area contributed by atoms with Gasteiger partial charge in [-0.05, 0) is 36.2 Å². The molecule has 0 saturated carbocycles. The number of hydrogen-bond acceptors (Lipinski definition) is 4. The van der Waals surface area contributed by atoms with Crippen molar-refractivity contribution in [3.63, 3.8) is 0 Å². The number of ether oxygens (including phenoxy) is 1. The van der Waals surface area contributed by atoms with Crippen molar-refractivity contribution in [1.82, 2.24) is 9.97 Å². The first kappa shape index (κ1) is 14.1. The van der Waals surface area contributed by atoms with Crippen molar-refractivity contribution in [1.29, 1.82) is 0 Å². The standard InChI is InChI=1S/C18H17N3O/c1-13-2-4-14(5-3-13)15-6-8-16(9-7-15)22-12-18-20-11-10-17(19)21-18/h2-11H,12H2,1H3,(H2,19,20,21). The highest BCUT2D eigenvalue weighted by atomic mass is 16.5. The second kappa shape index (κ2) is 6.26. The minimum Gasteiger partial charge on any atom is -0.486 e. The number of nitrogens with two attached hydrogens (primary N) is 1. The fourth-order valence-electron chi connectivity index (χ4n) is 2.12. The highest BCUT2D eigenvalue weighted by Crippen LogP contribution is 2.23. The molecular formula is C18H17N3O. The second-order valence-corrected chi connectivity index (χ2v) is 5.08. The molecule has 0 bridgehead atoms. The number of benzene rings is 2. The molecule has 0 saturated heterocycles. The summed E-state index contributed by atoms with van der Waals surface area (Å²) in [5, 5.41) is 0. The maximum atomic E-state index is 5.68. The van der Waals surface area contributed by atoms with Gasteiger partial charge in [0, 0.05) is 6.20 Å². The Labute approximate surface area is 129 Å². The third-order valence-electron chi connectivity index (χ3n) is 3.33. The zero-order valence-electron chi connectivity index (χ0n) is 12.4. The lowest BCUT2D eigenvalue weighted by atomic mass is 10.0. The fraction of sp³-hybridized carbons (Fsp3) is 0.111. The average molecular weight is 291 g/mol. The Balaban J connectivity index is 1.68. The van der Waals surface area contributed by atoms with E-state index in [-0.39, 0.29) is 0 Å². The Morgan fingerprint density at radius 2 is 1.55 bits per heavy atom. The van der Waals surface area contributed by atoms with E-state index in [0.29, 0.717) is 18.2 Å². The molecule has 2 aromatic carbocycles. The van der Waals surface area contributed by atoms with Crippen molar-refractivity contribution in [2.75, 3.05) is 5.73 Å². The van der Waals surface area contributed by atoms with Gasteiger partial charge in [0.1, 0.15) is 18.2 Å². The summed E-state index contributed by atoms with van der Waals surface area (Å²) >= 11 is 0. The minimum absolute atomic E-state index is 0.301. The lowest BCUT2D eigenvalue weighted by Crippen LogP contribution is -2.03. The van der Waals surface area contributed by atoms with Gasteiger partial charge in [-0.2, -0.15) is 0 Å². The Morgan fingerprint density at radius 1 is 0.909 bits per heavy atom. The number of aryl methyl sites for hydroxylation is 1. The summed E-state index contributed by atoms with van der Waals surface area (Å²) in [7, 11) is 0. The van der Waals surface area contributed by atoms with Crippen LogP contribution in [-0.4, -0.2) is 9.97 Å². The molecule has 3 aromatic rings. The predicted molar refractivity (Wildman–Crippen MR) is 87.4 cm³/mol. The minimum atomic E-state index is 0.301. The summed E-state index contributed by atoms with van der Waals surface area (Å²) in [5.74, 6) is 1.80.